The smallest absolute Gasteiger partial charge is 0.138 e. The average molecular weight is 274 g/mol. The predicted octanol–water partition coefficient (Wildman–Crippen LogP) is 3.77. The van der Waals surface area contributed by atoms with Crippen molar-refractivity contribution in [3.8, 4) is 0 Å². The molecule has 20 heavy (non-hydrogen) atoms. The second kappa shape index (κ2) is 5.37. The second-order valence-electron chi connectivity index (χ2n) is 5.49. The van der Waals surface area contributed by atoms with E-state index in [0.717, 1.165) is 36.5 Å². The maximum atomic E-state index is 13.0. The van der Waals surface area contributed by atoms with Gasteiger partial charge < -0.3 is 4.52 Å². The summed E-state index contributed by atoms with van der Waals surface area (Å²) in [7, 11) is 0. The van der Waals surface area contributed by atoms with Gasteiger partial charge >= 0.3 is 0 Å². The zero-order valence-corrected chi connectivity index (χ0v) is 11.9. The summed E-state index contributed by atoms with van der Waals surface area (Å²) in [4.78, 5) is 2.43. The largest absolute Gasteiger partial charge is 0.361 e. The predicted molar refractivity (Wildman–Crippen MR) is 74.8 cm³/mol. The quantitative estimate of drug-likeness (QED) is 0.853. The Kier molecular flexibility index (Phi) is 3.57. The van der Waals surface area contributed by atoms with Crippen LogP contribution < -0.4 is 0 Å². The van der Waals surface area contributed by atoms with E-state index in [9.17, 15) is 4.39 Å². The summed E-state index contributed by atoms with van der Waals surface area (Å²) in [5.41, 5.74) is 3.35. The van der Waals surface area contributed by atoms with Crippen molar-refractivity contribution in [2.24, 2.45) is 0 Å². The highest BCUT2D eigenvalue weighted by molar-refractivity contribution is 5.26. The van der Waals surface area contributed by atoms with Crippen LogP contribution in [0.5, 0.6) is 0 Å². The van der Waals surface area contributed by atoms with E-state index in [1.807, 2.05) is 26.0 Å². The number of likely N-dealkylation sites (tertiary alicyclic amines) is 1. The molecule has 0 radical (unpaired) electrons. The normalized spacial score (nSPS) is 19.6. The molecule has 1 aromatic heterocycles. The van der Waals surface area contributed by atoms with Crippen LogP contribution >= 0.6 is 0 Å². The van der Waals surface area contributed by atoms with Crippen LogP contribution in [0.25, 0.3) is 0 Å². The van der Waals surface area contributed by atoms with Crippen molar-refractivity contribution in [2.75, 3.05) is 6.54 Å². The van der Waals surface area contributed by atoms with Crippen molar-refractivity contribution in [3.05, 3.63) is 52.7 Å². The van der Waals surface area contributed by atoms with Crippen LogP contribution in [0.2, 0.25) is 0 Å². The van der Waals surface area contributed by atoms with Gasteiger partial charge in [0.2, 0.25) is 0 Å². The lowest BCUT2D eigenvalue weighted by Gasteiger charge is -2.24. The number of aryl methyl sites for hydroxylation is 2. The minimum Gasteiger partial charge on any atom is -0.361 e. The summed E-state index contributed by atoms with van der Waals surface area (Å²) in [6.07, 6.45) is 2.31. The van der Waals surface area contributed by atoms with E-state index >= 15 is 0 Å². The van der Waals surface area contributed by atoms with Crippen molar-refractivity contribution in [1.29, 1.82) is 0 Å². The van der Waals surface area contributed by atoms with Gasteiger partial charge in [-0.2, -0.15) is 0 Å². The van der Waals surface area contributed by atoms with Crippen molar-refractivity contribution < 1.29 is 8.91 Å². The summed E-state index contributed by atoms with van der Waals surface area (Å²) < 4.78 is 18.3. The molecule has 0 saturated carbocycles. The Morgan fingerprint density at radius 1 is 1.30 bits per heavy atom. The topological polar surface area (TPSA) is 29.3 Å². The fourth-order valence-electron chi connectivity index (χ4n) is 3.13. The van der Waals surface area contributed by atoms with Crippen molar-refractivity contribution >= 4 is 0 Å². The fraction of sp³-hybridized carbons (Fsp3) is 0.438. The molecule has 3 nitrogen and oxygen atoms in total. The van der Waals surface area contributed by atoms with Crippen LogP contribution in [0, 0.1) is 19.7 Å². The highest BCUT2D eigenvalue weighted by atomic mass is 19.1. The molecule has 1 fully saturated rings. The Hall–Kier alpha value is -1.68. The molecule has 3 rings (SSSR count). The number of aromatic nitrogens is 1. The summed E-state index contributed by atoms with van der Waals surface area (Å²) in [5, 5.41) is 4.06. The van der Waals surface area contributed by atoms with Gasteiger partial charge in [-0.15, -0.1) is 0 Å². The van der Waals surface area contributed by atoms with E-state index in [2.05, 4.69) is 10.1 Å². The van der Waals surface area contributed by atoms with Crippen LogP contribution in [0.4, 0.5) is 4.39 Å². The SMILES string of the molecule is Cc1noc(C)c1[C@@H]1CCCN1Cc1ccc(F)cc1. The highest BCUT2D eigenvalue weighted by Gasteiger charge is 2.30. The molecule has 0 amide bonds. The van der Waals surface area contributed by atoms with Gasteiger partial charge in [0, 0.05) is 18.2 Å². The molecule has 2 aromatic rings. The van der Waals surface area contributed by atoms with Gasteiger partial charge in [0.25, 0.3) is 0 Å². The van der Waals surface area contributed by atoms with Gasteiger partial charge in [-0.3, -0.25) is 4.90 Å². The van der Waals surface area contributed by atoms with E-state index in [1.54, 1.807) is 0 Å². The number of rotatable bonds is 3. The molecular formula is C16H19FN2O. The maximum Gasteiger partial charge on any atom is 0.138 e. The van der Waals surface area contributed by atoms with E-state index in [-0.39, 0.29) is 5.82 Å². The molecule has 1 aromatic carbocycles. The van der Waals surface area contributed by atoms with E-state index in [0.29, 0.717) is 6.04 Å². The van der Waals surface area contributed by atoms with Gasteiger partial charge in [-0.1, -0.05) is 17.3 Å². The van der Waals surface area contributed by atoms with Gasteiger partial charge in [0.05, 0.1) is 5.69 Å². The minimum atomic E-state index is -0.183. The third-order valence-electron chi connectivity index (χ3n) is 4.08. The molecule has 1 saturated heterocycles. The molecule has 1 atom stereocenters. The average Bonchev–Trinajstić information content (AvgIpc) is 2.99. The standard InChI is InChI=1S/C16H19FN2O/c1-11-16(12(2)20-18-11)15-4-3-9-19(15)10-13-5-7-14(17)8-6-13/h5-8,15H,3-4,9-10H2,1-2H3/t15-/m0/s1. The first-order valence-electron chi connectivity index (χ1n) is 7.06. The molecule has 1 aliphatic heterocycles. The molecule has 0 spiro atoms. The summed E-state index contributed by atoms with van der Waals surface area (Å²) >= 11 is 0. The minimum absolute atomic E-state index is 0.183. The van der Waals surface area contributed by atoms with Crippen molar-refractivity contribution in [1.82, 2.24) is 10.1 Å². The molecule has 0 aliphatic carbocycles. The Morgan fingerprint density at radius 3 is 2.70 bits per heavy atom. The number of nitrogens with zero attached hydrogens (tertiary/aromatic N) is 2. The van der Waals surface area contributed by atoms with Gasteiger partial charge in [-0.05, 0) is 50.9 Å². The molecule has 0 N–H and O–H groups in total. The van der Waals surface area contributed by atoms with E-state index in [4.69, 9.17) is 4.52 Å². The molecule has 1 aliphatic rings. The summed E-state index contributed by atoms with van der Waals surface area (Å²) in [6.45, 7) is 5.88. The van der Waals surface area contributed by atoms with Crippen LogP contribution in [-0.4, -0.2) is 16.6 Å². The first-order valence-corrected chi connectivity index (χ1v) is 7.06. The highest BCUT2D eigenvalue weighted by Crippen LogP contribution is 2.36. The fourth-order valence-corrected chi connectivity index (χ4v) is 3.13. The molecule has 4 heteroatoms. The first-order chi connectivity index (χ1) is 9.65. The number of hydrogen-bond donors (Lipinski definition) is 0. The Bertz CT molecular complexity index is 572. The van der Waals surface area contributed by atoms with Crippen LogP contribution in [0.3, 0.4) is 0 Å². The lowest BCUT2D eigenvalue weighted by atomic mass is 10.0. The first kappa shape index (κ1) is 13.3. The monoisotopic (exact) mass is 274 g/mol. The zero-order chi connectivity index (χ0) is 14.1. The van der Waals surface area contributed by atoms with E-state index in [1.165, 1.54) is 24.1 Å². The van der Waals surface area contributed by atoms with Crippen LogP contribution in [0.1, 0.15) is 41.5 Å². The Labute approximate surface area is 118 Å². The summed E-state index contributed by atoms with van der Waals surface area (Å²) in [5.74, 6) is 0.732. The molecule has 0 unspecified atom stereocenters. The third kappa shape index (κ3) is 2.48. The number of halogens is 1. The van der Waals surface area contributed by atoms with Crippen LogP contribution in [0.15, 0.2) is 28.8 Å². The molecule has 106 valence electrons. The number of hydrogen-bond acceptors (Lipinski definition) is 3. The molecular weight excluding hydrogens is 255 g/mol. The lowest BCUT2D eigenvalue weighted by molar-refractivity contribution is 0.245. The van der Waals surface area contributed by atoms with Gasteiger partial charge in [-0.25, -0.2) is 4.39 Å². The van der Waals surface area contributed by atoms with Gasteiger partial charge in [0.15, 0.2) is 0 Å². The number of benzene rings is 1. The Morgan fingerprint density at radius 2 is 2.05 bits per heavy atom. The van der Waals surface area contributed by atoms with Crippen molar-refractivity contribution in [2.45, 2.75) is 39.3 Å². The lowest BCUT2D eigenvalue weighted by Crippen LogP contribution is -2.23. The summed E-state index contributed by atoms with van der Waals surface area (Å²) in [6, 6.07) is 7.13. The van der Waals surface area contributed by atoms with E-state index < -0.39 is 0 Å². The zero-order valence-electron chi connectivity index (χ0n) is 11.9. The van der Waals surface area contributed by atoms with Crippen molar-refractivity contribution in [3.63, 3.8) is 0 Å². The molecule has 2 heterocycles. The van der Waals surface area contributed by atoms with Gasteiger partial charge in [0.1, 0.15) is 11.6 Å². The molecule has 0 bridgehead atoms. The maximum absolute atomic E-state index is 13.0. The van der Waals surface area contributed by atoms with Crippen LogP contribution in [-0.2, 0) is 6.54 Å². The third-order valence-corrected chi connectivity index (χ3v) is 4.08. The Balaban J connectivity index is 1.81. The second-order valence-corrected chi connectivity index (χ2v) is 5.49.